The van der Waals surface area contributed by atoms with Crippen molar-refractivity contribution in [3.63, 3.8) is 0 Å². The normalized spacial score (nSPS) is 38.7. The van der Waals surface area contributed by atoms with Gasteiger partial charge in [-0.25, -0.2) is 9.59 Å². The molecule has 2 heterocycles. The Balaban J connectivity index is 2.08. The first kappa shape index (κ1) is 21.3. The molecule has 0 amide bonds. The zero-order valence-corrected chi connectivity index (χ0v) is 17.5. The van der Waals surface area contributed by atoms with Gasteiger partial charge in [0.05, 0.1) is 11.5 Å². The van der Waals surface area contributed by atoms with Gasteiger partial charge in [-0.15, -0.1) is 0 Å². The maximum atomic E-state index is 12.6. The minimum atomic E-state index is -0.965. The van der Waals surface area contributed by atoms with E-state index in [0.717, 1.165) is 12.0 Å². The fourth-order valence-corrected chi connectivity index (χ4v) is 4.07. The molecule has 7 nitrogen and oxygen atoms in total. The molecule has 0 aromatic heterocycles. The highest BCUT2D eigenvalue weighted by atomic mass is 16.7. The molecule has 2 fully saturated rings. The number of allylic oxidation sites excluding steroid dienone is 2. The van der Waals surface area contributed by atoms with Crippen LogP contribution in [0.5, 0.6) is 0 Å². The van der Waals surface area contributed by atoms with E-state index in [1.165, 1.54) is 6.92 Å². The molecule has 0 saturated carbocycles. The molecule has 0 radical (unpaired) electrons. The van der Waals surface area contributed by atoms with E-state index in [1.54, 1.807) is 19.9 Å². The van der Waals surface area contributed by atoms with Crippen LogP contribution in [0.1, 0.15) is 47.5 Å². The zero-order valence-electron chi connectivity index (χ0n) is 17.5. The Morgan fingerprint density at radius 3 is 2.62 bits per heavy atom. The minimum Gasteiger partial charge on any atom is -0.455 e. The van der Waals surface area contributed by atoms with Crippen LogP contribution in [0, 0.1) is 5.92 Å². The number of carbonyl (C=O) groups is 3. The average molecular weight is 404 g/mol. The molecule has 0 unspecified atom stereocenters. The molecule has 2 aliphatic heterocycles. The van der Waals surface area contributed by atoms with Crippen LogP contribution in [0.4, 0.5) is 0 Å². The predicted molar refractivity (Wildman–Crippen MR) is 104 cm³/mol. The van der Waals surface area contributed by atoms with Crippen LogP contribution < -0.4 is 0 Å². The number of hydrogen-bond donors (Lipinski definition) is 0. The first-order valence-electron chi connectivity index (χ1n) is 9.84. The first-order valence-corrected chi connectivity index (χ1v) is 9.84. The lowest BCUT2D eigenvalue weighted by Crippen LogP contribution is -2.46. The SMILES string of the molecule is C=C1C(=O)O[C@@H]2[C@@H]1[C@@H](OC(=O)/C(C)=C\C)[C@H](OC(C)=O)/C(C)=C/CC[C@]1(C)O[C@H]21. The lowest BCUT2D eigenvalue weighted by molar-refractivity contribution is -0.166. The molecule has 1 aliphatic carbocycles. The van der Waals surface area contributed by atoms with Gasteiger partial charge in [-0.2, -0.15) is 0 Å². The van der Waals surface area contributed by atoms with Crippen LogP contribution >= 0.6 is 0 Å². The van der Waals surface area contributed by atoms with Gasteiger partial charge in [0, 0.05) is 18.1 Å². The lowest BCUT2D eigenvalue weighted by atomic mass is 9.80. The van der Waals surface area contributed by atoms with Crippen molar-refractivity contribution in [1.82, 2.24) is 0 Å². The van der Waals surface area contributed by atoms with Crippen molar-refractivity contribution in [2.24, 2.45) is 5.92 Å². The minimum absolute atomic E-state index is 0.189. The summed E-state index contributed by atoms with van der Waals surface area (Å²) in [5.41, 5.74) is 0.913. The van der Waals surface area contributed by atoms with E-state index in [0.29, 0.717) is 12.0 Å². The third kappa shape index (κ3) is 4.01. The highest BCUT2D eigenvalue weighted by Gasteiger charge is 2.64. The molecule has 29 heavy (non-hydrogen) atoms. The fourth-order valence-electron chi connectivity index (χ4n) is 4.07. The highest BCUT2D eigenvalue weighted by Crippen LogP contribution is 2.50. The number of carbonyl (C=O) groups excluding carboxylic acids is 3. The second kappa shape index (κ2) is 7.78. The summed E-state index contributed by atoms with van der Waals surface area (Å²) in [6.45, 7) is 12.3. The average Bonchev–Trinajstić information content (AvgIpc) is 3.24. The van der Waals surface area contributed by atoms with Crippen molar-refractivity contribution in [3.05, 3.63) is 35.5 Å². The highest BCUT2D eigenvalue weighted by molar-refractivity contribution is 5.92. The molecule has 0 spiro atoms. The van der Waals surface area contributed by atoms with E-state index < -0.39 is 47.7 Å². The van der Waals surface area contributed by atoms with Crippen molar-refractivity contribution in [1.29, 1.82) is 0 Å². The van der Waals surface area contributed by atoms with Crippen LogP contribution in [0.15, 0.2) is 35.5 Å². The van der Waals surface area contributed by atoms with Crippen molar-refractivity contribution in [2.75, 3.05) is 0 Å². The number of epoxide rings is 1. The largest absolute Gasteiger partial charge is 0.455 e. The van der Waals surface area contributed by atoms with Gasteiger partial charge in [0.2, 0.25) is 0 Å². The van der Waals surface area contributed by atoms with E-state index >= 15 is 0 Å². The summed E-state index contributed by atoms with van der Waals surface area (Å²) in [7, 11) is 0. The first-order chi connectivity index (χ1) is 13.6. The van der Waals surface area contributed by atoms with E-state index in [1.807, 2.05) is 19.9 Å². The fraction of sp³-hybridized carbons (Fsp3) is 0.591. The molecular formula is C22H28O7. The van der Waals surface area contributed by atoms with E-state index in [4.69, 9.17) is 18.9 Å². The second-order valence-corrected chi connectivity index (χ2v) is 8.13. The summed E-state index contributed by atoms with van der Waals surface area (Å²) in [6.07, 6.45) is 2.21. The molecule has 3 aliphatic rings. The van der Waals surface area contributed by atoms with E-state index in [2.05, 4.69) is 6.58 Å². The Morgan fingerprint density at radius 2 is 2.00 bits per heavy atom. The standard InChI is InChI=1S/C22H28O7/c1-7-11(2)20(24)27-17-15-13(4)21(25)28-18(15)19-22(6,29-19)10-8-9-12(3)16(17)26-14(5)23/h7,9,15-19H,4,8,10H2,1-3,5-6H3/b11-7-,12-9+/t15-,16+,17+,18+,19+,22-/m0/s1. The predicted octanol–water partition coefficient (Wildman–Crippen LogP) is 2.79. The maximum Gasteiger partial charge on any atom is 0.334 e. The number of rotatable bonds is 3. The summed E-state index contributed by atoms with van der Waals surface area (Å²) in [6, 6.07) is 0. The van der Waals surface area contributed by atoms with E-state index in [-0.39, 0.29) is 11.7 Å². The molecule has 158 valence electrons. The maximum absolute atomic E-state index is 12.6. The van der Waals surface area contributed by atoms with Gasteiger partial charge in [-0.3, -0.25) is 4.79 Å². The Kier molecular flexibility index (Phi) is 5.72. The second-order valence-electron chi connectivity index (χ2n) is 8.13. The Bertz CT molecular complexity index is 808. The monoisotopic (exact) mass is 404 g/mol. The van der Waals surface area contributed by atoms with Gasteiger partial charge >= 0.3 is 17.9 Å². The van der Waals surface area contributed by atoms with Crippen LogP contribution in [-0.2, 0) is 33.3 Å². The Morgan fingerprint density at radius 1 is 1.31 bits per heavy atom. The number of ether oxygens (including phenoxy) is 4. The topological polar surface area (TPSA) is 91.4 Å². The summed E-state index contributed by atoms with van der Waals surface area (Å²) in [5.74, 6) is -2.30. The molecule has 0 bridgehead atoms. The lowest BCUT2D eigenvalue weighted by Gasteiger charge is -2.33. The molecular weight excluding hydrogens is 376 g/mol. The number of fused-ring (bicyclic) bond motifs is 3. The van der Waals surface area contributed by atoms with Crippen LogP contribution in [0.2, 0.25) is 0 Å². The molecule has 2 saturated heterocycles. The summed E-state index contributed by atoms with van der Waals surface area (Å²) in [4.78, 5) is 36.9. The van der Waals surface area contributed by atoms with Crippen LogP contribution in [0.25, 0.3) is 0 Å². The van der Waals surface area contributed by atoms with Crippen molar-refractivity contribution in [2.45, 2.75) is 77.5 Å². The Hall–Kier alpha value is -2.41. The van der Waals surface area contributed by atoms with Crippen molar-refractivity contribution < 1.29 is 33.3 Å². The van der Waals surface area contributed by atoms with Crippen LogP contribution in [-0.4, -0.2) is 47.9 Å². The van der Waals surface area contributed by atoms with Gasteiger partial charge in [0.15, 0.2) is 12.2 Å². The van der Waals surface area contributed by atoms with Crippen molar-refractivity contribution >= 4 is 17.9 Å². The van der Waals surface area contributed by atoms with E-state index in [9.17, 15) is 14.4 Å². The van der Waals surface area contributed by atoms with Gasteiger partial charge in [-0.1, -0.05) is 18.7 Å². The van der Waals surface area contributed by atoms with Crippen molar-refractivity contribution in [3.8, 4) is 0 Å². The van der Waals surface area contributed by atoms with Crippen LogP contribution in [0.3, 0.4) is 0 Å². The summed E-state index contributed by atoms with van der Waals surface area (Å²) < 4.78 is 22.9. The summed E-state index contributed by atoms with van der Waals surface area (Å²) >= 11 is 0. The van der Waals surface area contributed by atoms with Gasteiger partial charge < -0.3 is 18.9 Å². The van der Waals surface area contributed by atoms with Gasteiger partial charge in [-0.05, 0) is 46.1 Å². The Labute approximate surface area is 170 Å². The van der Waals surface area contributed by atoms with Gasteiger partial charge in [0.1, 0.15) is 12.2 Å². The molecule has 7 heteroatoms. The quantitative estimate of drug-likeness (QED) is 0.235. The smallest absolute Gasteiger partial charge is 0.334 e. The molecule has 3 rings (SSSR count). The molecule has 6 atom stereocenters. The molecule has 0 aromatic rings. The number of esters is 3. The molecule has 0 aromatic carbocycles. The third-order valence-corrected chi connectivity index (χ3v) is 6.00. The number of hydrogen-bond acceptors (Lipinski definition) is 7. The molecule has 0 N–H and O–H groups in total. The zero-order chi connectivity index (χ0) is 21.5. The third-order valence-electron chi connectivity index (χ3n) is 6.00. The summed E-state index contributed by atoms with van der Waals surface area (Å²) in [5, 5.41) is 0. The van der Waals surface area contributed by atoms with Gasteiger partial charge in [0.25, 0.3) is 0 Å².